The van der Waals surface area contributed by atoms with Crippen LogP contribution in [0.5, 0.6) is 0 Å². The minimum atomic E-state index is 0.579. The van der Waals surface area contributed by atoms with Crippen molar-refractivity contribution in [1.29, 1.82) is 0 Å². The van der Waals surface area contributed by atoms with Crippen LogP contribution < -0.4 is 5.32 Å². The lowest BCUT2D eigenvalue weighted by molar-refractivity contribution is 0.272. The van der Waals surface area contributed by atoms with Gasteiger partial charge in [-0.3, -0.25) is 0 Å². The summed E-state index contributed by atoms with van der Waals surface area (Å²) in [5, 5.41) is 3.64. The smallest absolute Gasteiger partial charge is 0.000714 e. The van der Waals surface area contributed by atoms with E-state index < -0.39 is 0 Å². The van der Waals surface area contributed by atoms with Crippen molar-refractivity contribution >= 4 is 11.8 Å². The van der Waals surface area contributed by atoms with Crippen LogP contribution in [0.2, 0.25) is 0 Å². The maximum atomic E-state index is 3.64. The molecule has 1 spiro atoms. The second-order valence-corrected chi connectivity index (χ2v) is 8.13. The fraction of sp³-hybridized carbons (Fsp3) is 1.00. The Bertz CT molecular complexity index is 249. The number of nitrogens with one attached hydrogen (secondary N) is 1. The summed E-state index contributed by atoms with van der Waals surface area (Å²) in [6, 6.07) is 0. The van der Waals surface area contributed by atoms with E-state index in [1.807, 2.05) is 0 Å². The molecule has 0 aromatic rings. The van der Waals surface area contributed by atoms with Crippen molar-refractivity contribution in [2.75, 3.05) is 24.6 Å². The van der Waals surface area contributed by atoms with Gasteiger partial charge in [0, 0.05) is 0 Å². The maximum absolute atomic E-state index is 3.64. The molecule has 1 nitrogen and oxygen atoms in total. The summed E-state index contributed by atoms with van der Waals surface area (Å²) in [7, 11) is 0. The maximum Gasteiger partial charge on any atom is -0.000714 e. The van der Waals surface area contributed by atoms with Gasteiger partial charge in [-0.1, -0.05) is 27.7 Å². The van der Waals surface area contributed by atoms with Gasteiger partial charge in [0.1, 0.15) is 0 Å². The predicted octanol–water partition coefficient (Wildman–Crippen LogP) is 3.40. The normalized spacial score (nSPS) is 36.9. The Kier molecular flexibility index (Phi) is 3.61. The third-order valence-corrected chi connectivity index (χ3v) is 5.78. The molecule has 0 amide bonds. The summed E-state index contributed by atoms with van der Waals surface area (Å²) in [4.78, 5) is 0. The molecule has 2 fully saturated rings. The molecule has 2 rings (SSSR count). The lowest BCUT2D eigenvalue weighted by atomic mass is 9.81. The molecule has 2 unspecified atom stereocenters. The van der Waals surface area contributed by atoms with E-state index in [0.29, 0.717) is 5.41 Å². The Hall–Kier alpha value is 0.310. The highest BCUT2D eigenvalue weighted by atomic mass is 32.2. The van der Waals surface area contributed by atoms with Gasteiger partial charge >= 0.3 is 0 Å². The highest BCUT2D eigenvalue weighted by molar-refractivity contribution is 7.99. The summed E-state index contributed by atoms with van der Waals surface area (Å²) in [6.45, 7) is 11.9. The standard InChI is InChI=1S/C14H27NS/c1-11(2)6-15-7-12-5-14(12)8-13(3,4)9-16-10-14/h11-12,15H,5-10H2,1-4H3. The van der Waals surface area contributed by atoms with Crippen LogP contribution in [0, 0.1) is 22.7 Å². The molecular weight excluding hydrogens is 214 g/mol. The minimum absolute atomic E-state index is 0.579. The second kappa shape index (κ2) is 4.53. The number of hydrogen-bond donors (Lipinski definition) is 1. The van der Waals surface area contributed by atoms with Crippen molar-refractivity contribution < 1.29 is 0 Å². The molecule has 0 bridgehead atoms. The molecule has 16 heavy (non-hydrogen) atoms. The molecular formula is C14H27NS. The molecule has 94 valence electrons. The highest BCUT2D eigenvalue weighted by Crippen LogP contribution is 2.62. The van der Waals surface area contributed by atoms with Crippen molar-refractivity contribution in [2.24, 2.45) is 22.7 Å². The molecule has 1 heterocycles. The number of thioether (sulfide) groups is 1. The van der Waals surface area contributed by atoms with E-state index in [1.54, 1.807) is 0 Å². The highest BCUT2D eigenvalue weighted by Gasteiger charge is 2.56. The van der Waals surface area contributed by atoms with Crippen LogP contribution in [0.15, 0.2) is 0 Å². The van der Waals surface area contributed by atoms with Crippen molar-refractivity contribution in [1.82, 2.24) is 5.32 Å². The zero-order chi connectivity index (χ0) is 11.8. The molecule has 1 aliphatic heterocycles. The predicted molar refractivity (Wildman–Crippen MR) is 74.0 cm³/mol. The Balaban J connectivity index is 1.76. The average Bonchev–Trinajstić information content (AvgIpc) is 2.75. The Morgan fingerprint density at radius 2 is 2.06 bits per heavy atom. The molecule has 1 N–H and O–H groups in total. The molecule has 2 aliphatic rings. The average molecular weight is 241 g/mol. The first-order valence-electron chi connectivity index (χ1n) is 6.72. The first-order chi connectivity index (χ1) is 7.44. The Labute approximate surface area is 105 Å². The van der Waals surface area contributed by atoms with Crippen LogP contribution in [0.4, 0.5) is 0 Å². The third kappa shape index (κ3) is 2.95. The van der Waals surface area contributed by atoms with Crippen LogP contribution in [0.25, 0.3) is 0 Å². The molecule has 0 aromatic heterocycles. The topological polar surface area (TPSA) is 12.0 Å². The van der Waals surface area contributed by atoms with Gasteiger partial charge in [-0.15, -0.1) is 0 Å². The van der Waals surface area contributed by atoms with E-state index >= 15 is 0 Å². The minimum Gasteiger partial charge on any atom is -0.316 e. The van der Waals surface area contributed by atoms with Crippen molar-refractivity contribution in [3.05, 3.63) is 0 Å². The van der Waals surface area contributed by atoms with Gasteiger partial charge in [0.15, 0.2) is 0 Å². The summed E-state index contributed by atoms with van der Waals surface area (Å²) in [6.07, 6.45) is 2.94. The van der Waals surface area contributed by atoms with Gasteiger partial charge in [0.25, 0.3) is 0 Å². The number of rotatable bonds is 4. The van der Waals surface area contributed by atoms with E-state index in [1.165, 1.54) is 37.4 Å². The summed E-state index contributed by atoms with van der Waals surface area (Å²) in [5.41, 5.74) is 1.30. The molecule has 1 aliphatic carbocycles. The fourth-order valence-corrected chi connectivity index (χ4v) is 4.86. The quantitative estimate of drug-likeness (QED) is 0.809. The SMILES string of the molecule is CC(C)CNCC1CC12CSCC(C)(C)C2. The lowest BCUT2D eigenvalue weighted by Gasteiger charge is -2.36. The zero-order valence-electron chi connectivity index (χ0n) is 11.3. The molecule has 1 saturated carbocycles. The first kappa shape index (κ1) is 12.8. The Morgan fingerprint density at radius 1 is 1.31 bits per heavy atom. The Morgan fingerprint density at radius 3 is 2.69 bits per heavy atom. The van der Waals surface area contributed by atoms with Crippen molar-refractivity contribution in [2.45, 2.75) is 40.5 Å². The van der Waals surface area contributed by atoms with Gasteiger partial charge in [0.2, 0.25) is 0 Å². The zero-order valence-corrected chi connectivity index (χ0v) is 12.1. The van der Waals surface area contributed by atoms with Crippen molar-refractivity contribution in [3.63, 3.8) is 0 Å². The molecule has 0 aromatic carbocycles. The van der Waals surface area contributed by atoms with Gasteiger partial charge < -0.3 is 5.32 Å². The second-order valence-electron chi connectivity index (χ2n) is 7.15. The van der Waals surface area contributed by atoms with Crippen LogP contribution in [0.1, 0.15) is 40.5 Å². The molecule has 2 heteroatoms. The first-order valence-corrected chi connectivity index (χ1v) is 7.88. The fourth-order valence-electron chi connectivity index (χ4n) is 3.25. The summed E-state index contributed by atoms with van der Waals surface area (Å²) < 4.78 is 0. The van der Waals surface area contributed by atoms with E-state index in [2.05, 4.69) is 44.8 Å². The van der Waals surface area contributed by atoms with Crippen LogP contribution in [-0.4, -0.2) is 24.6 Å². The number of hydrogen-bond acceptors (Lipinski definition) is 2. The molecule has 0 radical (unpaired) electrons. The molecule has 1 saturated heterocycles. The largest absolute Gasteiger partial charge is 0.316 e. The monoisotopic (exact) mass is 241 g/mol. The third-order valence-electron chi connectivity index (χ3n) is 4.02. The van der Waals surface area contributed by atoms with Gasteiger partial charge in [-0.05, 0) is 60.1 Å². The van der Waals surface area contributed by atoms with Gasteiger partial charge in [0.05, 0.1) is 0 Å². The van der Waals surface area contributed by atoms with Crippen molar-refractivity contribution in [3.8, 4) is 0 Å². The van der Waals surface area contributed by atoms with Crippen LogP contribution in [0.3, 0.4) is 0 Å². The molecule has 2 atom stereocenters. The summed E-state index contributed by atoms with van der Waals surface area (Å²) in [5.74, 6) is 4.54. The van der Waals surface area contributed by atoms with Gasteiger partial charge in [-0.25, -0.2) is 0 Å². The van der Waals surface area contributed by atoms with Gasteiger partial charge in [-0.2, -0.15) is 11.8 Å². The van der Waals surface area contributed by atoms with E-state index in [-0.39, 0.29) is 0 Å². The summed E-state index contributed by atoms with van der Waals surface area (Å²) >= 11 is 2.19. The lowest BCUT2D eigenvalue weighted by Crippen LogP contribution is -2.31. The van der Waals surface area contributed by atoms with E-state index in [9.17, 15) is 0 Å². The van der Waals surface area contributed by atoms with E-state index in [4.69, 9.17) is 0 Å². The van der Waals surface area contributed by atoms with E-state index in [0.717, 1.165) is 17.3 Å². The van der Waals surface area contributed by atoms with Crippen LogP contribution in [-0.2, 0) is 0 Å². The van der Waals surface area contributed by atoms with Crippen LogP contribution >= 0.6 is 11.8 Å².